The van der Waals surface area contributed by atoms with Gasteiger partial charge in [-0.25, -0.2) is 4.39 Å². The summed E-state index contributed by atoms with van der Waals surface area (Å²) in [6.07, 6.45) is -2.19. The van der Waals surface area contributed by atoms with Gasteiger partial charge in [0.25, 0.3) is 5.78 Å². The van der Waals surface area contributed by atoms with Crippen LogP contribution in [-0.2, 0) is 6.42 Å². The Balaban J connectivity index is 1.73. The second-order valence-electron chi connectivity index (χ2n) is 9.39. The van der Waals surface area contributed by atoms with E-state index in [-0.39, 0.29) is 5.02 Å². The summed E-state index contributed by atoms with van der Waals surface area (Å²) in [5, 5.41) is 8.77. The van der Waals surface area contributed by atoms with E-state index >= 15 is 0 Å². The lowest BCUT2D eigenvalue weighted by molar-refractivity contribution is -0.190. The van der Waals surface area contributed by atoms with Gasteiger partial charge in [0, 0.05) is 23.2 Å². The fourth-order valence-corrected chi connectivity index (χ4v) is 4.54. The smallest absolute Gasteiger partial charge is 0.325 e. The molecule has 0 saturated heterocycles. The van der Waals surface area contributed by atoms with Gasteiger partial charge < -0.3 is 4.90 Å². The van der Waals surface area contributed by atoms with Crippen molar-refractivity contribution in [2.75, 3.05) is 11.4 Å². The highest BCUT2D eigenvalue weighted by Crippen LogP contribution is 2.39. The highest BCUT2D eigenvalue weighted by atomic mass is 35.5. The molecule has 5 rings (SSSR count). The third-order valence-electron chi connectivity index (χ3n) is 6.51. The van der Waals surface area contributed by atoms with Crippen LogP contribution in [0.3, 0.4) is 0 Å². The van der Waals surface area contributed by atoms with Gasteiger partial charge in [-0.1, -0.05) is 29.5 Å². The lowest BCUT2D eigenvalue weighted by atomic mass is 9.92. The van der Waals surface area contributed by atoms with Crippen LogP contribution in [0.25, 0.3) is 16.7 Å². The van der Waals surface area contributed by atoms with E-state index in [4.69, 9.17) is 16.6 Å². The number of hydrogen-bond acceptors (Lipinski definition) is 4. The van der Waals surface area contributed by atoms with Crippen molar-refractivity contribution in [1.82, 2.24) is 19.6 Å². The van der Waals surface area contributed by atoms with E-state index < -0.39 is 17.4 Å². The van der Waals surface area contributed by atoms with Crippen molar-refractivity contribution < 1.29 is 17.6 Å². The summed E-state index contributed by atoms with van der Waals surface area (Å²) in [5.41, 5.74) is 0.606. The van der Waals surface area contributed by atoms with Crippen molar-refractivity contribution in [1.29, 1.82) is 0 Å². The Labute approximate surface area is 210 Å². The number of hydrogen-bond donors (Lipinski definition) is 0. The number of benzene rings is 2. The summed E-state index contributed by atoms with van der Waals surface area (Å²) in [7, 11) is 0. The Morgan fingerprint density at radius 1 is 1.08 bits per heavy atom. The first-order valence-corrected chi connectivity index (χ1v) is 11.9. The molecule has 0 saturated carbocycles. The summed E-state index contributed by atoms with van der Waals surface area (Å²) < 4.78 is 56.5. The van der Waals surface area contributed by atoms with Gasteiger partial charge in [0.05, 0.1) is 10.5 Å². The van der Waals surface area contributed by atoms with E-state index in [2.05, 4.69) is 22.0 Å². The average molecular weight is 516 g/mol. The molecule has 3 heterocycles. The monoisotopic (exact) mass is 515 g/mol. The van der Waals surface area contributed by atoms with Crippen LogP contribution in [0.2, 0.25) is 5.02 Å². The maximum Gasteiger partial charge on any atom is 0.404 e. The molecule has 0 atom stereocenters. The summed E-state index contributed by atoms with van der Waals surface area (Å²) in [6, 6.07) is 8.26. The largest absolute Gasteiger partial charge is 0.404 e. The van der Waals surface area contributed by atoms with Crippen LogP contribution in [-0.4, -0.2) is 32.3 Å². The van der Waals surface area contributed by atoms with Gasteiger partial charge >= 0.3 is 6.18 Å². The first kappa shape index (κ1) is 24.3. The third kappa shape index (κ3) is 4.03. The fraction of sp³-hybridized carbons (Fsp3) is 0.346. The number of alkyl halides is 3. The molecule has 10 heteroatoms. The SMILES string of the molecule is Cc1nnc2nc(N3CCCCc4c(C#CC(C)(C)C(F)(F)F)cccc43)c3cc(F)c(Cl)cc3n12. The Bertz CT molecular complexity index is 1560. The first-order chi connectivity index (χ1) is 17.0. The highest BCUT2D eigenvalue weighted by molar-refractivity contribution is 6.31. The number of halogens is 5. The first-order valence-electron chi connectivity index (χ1n) is 11.5. The maximum absolute atomic E-state index is 14.6. The summed E-state index contributed by atoms with van der Waals surface area (Å²) in [6.45, 7) is 4.49. The zero-order valence-corrected chi connectivity index (χ0v) is 20.6. The predicted molar refractivity (Wildman–Crippen MR) is 131 cm³/mol. The number of fused-ring (bicyclic) bond motifs is 4. The minimum absolute atomic E-state index is 0.0323. The van der Waals surface area contributed by atoms with Crippen LogP contribution in [0.15, 0.2) is 30.3 Å². The zero-order valence-electron chi connectivity index (χ0n) is 19.8. The minimum Gasteiger partial charge on any atom is -0.325 e. The van der Waals surface area contributed by atoms with Crippen molar-refractivity contribution in [3.63, 3.8) is 0 Å². The van der Waals surface area contributed by atoms with E-state index in [1.165, 1.54) is 12.1 Å². The molecule has 0 N–H and O–H groups in total. The Hall–Kier alpha value is -3.38. The van der Waals surface area contributed by atoms with Gasteiger partial charge in [0.2, 0.25) is 0 Å². The van der Waals surface area contributed by atoms with Crippen molar-refractivity contribution in [2.45, 2.75) is 46.2 Å². The van der Waals surface area contributed by atoms with Gasteiger partial charge in [-0.05, 0) is 69.9 Å². The molecule has 1 aliphatic heterocycles. The fourth-order valence-electron chi connectivity index (χ4n) is 4.38. The molecule has 4 aromatic rings. The average Bonchev–Trinajstić information content (AvgIpc) is 3.05. The summed E-state index contributed by atoms with van der Waals surface area (Å²) >= 11 is 6.12. The van der Waals surface area contributed by atoms with Crippen LogP contribution < -0.4 is 4.90 Å². The van der Waals surface area contributed by atoms with E-state index in [0.29, 0.717) is 46.9 Å². The molecule has 0 bridgehead atoms. The molecule has 0 amide bonds. The van der Waals surface area contributed by atoms with Gasteiger partial charge in [0.15, 0.2) is 0 Å². The molecule has 2 aromatic carbocycles. The number of rotatable bonds is 1. The maximum atomic E-state index is 14.6. The zero-order chi connectivity index (χ0) is 25.8. The van der Waals surface area contributed by atoms with Crippen LogP contribution >= 0.6 is 11.6 Å². The molecule has 186 valence electrons. The molecule has 0 aliphatic carbocycles. The lowest BCUT2D eigenvalue weighted by Crippen LogP contribution is -2.30. The quantitative estimate of drug-likeness (QED) is 0.207. The Morgan fingerprint density at radius 2 is 1.86 bits per heavy atom. The molecule has 0 unspecified atom stereocenters. The number of anilines is 2. The second kappa shape index (κ2) is 8.63. The topological polar surface area (TPSA) is 46.3 Å². The summed E-state index contributed by atoms with van der Waals surface area (Å²) in [4.78, 5) is 6.69. The molecule has 36 heavy (non-hydrogen) atoms. The van der Waals surface area contributed by atoms with Gasteiger partial charge in [0.1, 0.15) is 22.9 Å². The minimum atomic E-state index is -4.45. The standard InChI is InChI=1S/C26H22ClF4N5/c1-15-33-34-24-32-23(18-13-20(28)19(27)14-22(18)36(15)24)35-12-5-4-8-17-16(7-6-9-21(17)35)10-11-25(2,3)26(29,30)31/h6-7,9,13-14H,4-5,8,12H2,1-3H3. The molecule has 0 spiro atoms. The Kier molecular flexibility index (Phi) is 5.83. The van der Waals surface area contributed by atoms with Crippen LogP contribution in [0, 0.1) is 30.0 Å². The predicted octanol–water partition coefficient (Wildman–Crippen LogP) is 6.79. The third-order valence-corrected chi connectivity index (χ3v) is 6.80. The molecule has 0 fully saturated rings. The Morgan fingerprint density at radius 3 is 2.61 bits per heavy atom. The van der Waals surface area contributed by atoms with Gasteiger partial charge in [-0.3, -0.25) is 4.40 Å². The van der Waals surface area contributed by atoms with Crippen LogP contribution in [0.1, 0.15) is 43.6 Å². The van der Waals surface area contributed by atoms with Crippen molar-refractivity contribution in [3.05, 3.63) is 58.1 Å². The normalized spacial score (nSPS) is 14.5. The highest BCUT2D eigenvalue weighted by Gasteiger charge is 2.46. The molecule has 2 aromatic heterocycles. The molecular formula is C26H22ClF4N5. The van der Waals surface area contributed by atoms with Crippen LogP contribution in [0.4, 0.5) is 29.1 Å². The van der Waals surface area contributed by atoms with Crippen molar-refractivity contribution in [3.8, 4) is 11.8 Å². The van der Waals surface area contributed by atoms with Crippen molar-refractivity contribution >= 4 is 39.8 Å². The molecule has 5 nitrogen and oxygen atoms in total. The van der Waals surface area contributed by atoms with E-state index in [9.17, 15) is 17.6 Å². The second-order valence-corrected chi connectivity index (χ2v) is 9.79. The van der Waals surface area contributed by atoms with Gasteiger partial charge in [-0.2, -0.15) is 18.2 Å². The number of aromatic nitrogens is 4. The van der Waals surface area contributed by atoms with Gasteiger partial charge in [-0.15, -0.1) is 10.2 Å². The number of aryl methyl sites for hydroxylation is 1. The van der Waals surface area contributed by atoms with E-state index in [1.54, 1.807) is 23.5 Å². The number of nitrogens with zero attached hydrogens (tertiary/aromatic N) is 5. The van der Waals surface area contributed by atoms with E-state index in [1.807, 2.05) is 11.0 Å². The summed E-state index contributed by atoms with van der Waals surface area (Å²) in [5.74, 6) is 6.02. The molecule has 1 aliphatic rings. The molecular weight excluding hydrogens is 494 g/mol. The molecule has 0 radical (unpaired) electrons. The van der Waals surface area contributed by atoms with Crippen molar-refractivity contribution in [2.24, 2.45) is 5.41 Å². The lowest BCUT2D eigenvalue weighted by Gasteiger charge is -2.26. The van der Waals surface area contributed by atoms with Crippen LogP contribution in [0.5, 0.6) is 0 Å². The van der Waals surface area contributed by atoms with E-state index in [0.717, 1.165) is 37.9 Å².